The van der Waals surface area contributed by atoms with Gasteiger partial charge in [-0.3, -0.25) is 4.79 Å². The number of thiazole rings is 1. The van der Waals surface area contributed by atoms with Crippen molar-refractivity contribution in [2.45, 2.75) is 10.5 Å². The highest BCUT2D eigenvalue weighted by Gasteiger charge is 2.33. The van der Waals surface area contributed by atoms with Crippen LogP contribution in [0.15, 0.2) is 107 Å². The number of fused-ring (bicyclic) bond motifs is 1. The van der Waals surface area contributed by atoms with Crippen LogP contribution in [0.25, 0.3) is 10.2 Å². The van der Waals surface area contributed by atoms with Crippen molar-refractivity contribution in [2.75, 3.05) is 27.0 Å². The zero-order valence-electron chi connectivity index (χ0n) is 23.2. The fourth-order valence-electron chi connectivity index (χ4n) is 4.17. The lowest BCUT2D eigenvalue weighted by atomic mass is 10.1. The molecule has 0 aliphatic rings. The number of nitrogens with one attached hydrogen (secondary N) is 4. The van der Waals surface area contributed by atoms with Crippen molar-refractivity contribution < 1.29 is 18.0 Å². The average molecular weight is 645 g/mol. The smallest absolute Gasteiger partial charge is 0.325 e. The SMILES string of the molecule is O=C(CSc1nc2ccc(Nc3nc(Nc4ccccc4)nc(Nc4ccccc4)n3)cc2s1)Nc1ccccc1C(F)(F)F. The lowest BCUT2D eigenvalue weighted by Crippen LogP contribution is -2.18. The van der Waals surface area contributed by atoms with Crippen molar-refractivity contribution >= 4 is 79.8 Å². The number of alkyl halides is 3. The molecule has 0 saturated carbocycles. The number of halogens is 3. The molecule has 0 saturated heterocycles. The number of thioether (sulfide) groups is 1. The molecular formula is C31H23F3N8OS2. The second-order valence-electron chi connectivity index (χ2n) is 9.46. The minimum absolute atomic E-state index is 0.101. The number of carbonyl (C=O) groups excluding carboxylic acids is 1. The maximum Gasteiger partial charge on any atom is 0.418 e. The summed E-state index contributed by atoms with van der Waals surface area (Å²) in [6.07, 6.45) is -4.57. The summed E-state index contributed by atoms with van der Waals surface area (Å²) < 4.78 is 41.2. The number of para-hydroxylation sites is 3. The summed E-state index contributed by atoms with van der Waals surface area (Å²) in [5.74, 6) is 0.317. The molecule has 0 bridgehead atoms. The lowest BCUT2D eigenvalue weighted by Gasteiger charge is -2.13. The second kappa shape index (κ2) is 13.2. The van der Waals surface area contributed by atoms with E-state index in [1.54, 1.807) is 0 Å². The molecule has 226 valence electrons. The normalized spacial score (nSPS) is 11.3. The van der Waals surface area contributed by atoms with Gasteiger partial charge in [0.1, 0.15) is 0 Å². The van der Waals surface area contributed by atoms with E-state index in [0.717, 1.165) is 33.9 Å². The molecule has 6 aromatic rings. The zero-order valence-corrected chi connectivity index (χ0v) is 24.8. The van der Waals surface area contributed by atoms with Crippen LogP contribution in [0, 0.1) is 0 Å². The molecule has 0 fully saturated rings. The fraction of sp³-hybridized carbons (Fsp3) is 0.0645. The fourth-order valence-corrected chi connectivity index (χ4v) is 6.08. The first kappa shape index (κ1) is 29.8. The van der Waals surface area contributed by atoms with E-state index in [-0.39, 0.29) is 11.4 Å². The van der Waals surface area contributed by atoms with Gasteiger partial charge < -0.3 is 21.3 Å². The summed E-state index contributed by atoms with van der Waals surface area (Å²) in [5.41, 5.74) is 1.87. The van der Waals surface area contributed by atoms with E-state index in [0.29, 0.717) is 33.4 Å². The van der Waals surface area contributed by atoms with Crippen LogP contribution in [0.2, 0.25) is 0 Å². The van der Waals surface area contributed by atoms with Gasteiger partial charge in [-0.05, 0) is 54.6 Å². The molecule has 45 heavy (non-hydrogen) atoms. The van der Waals surface area contributed by atoms with Gasteiger partial charge in [0.05, 0.1) is 27.2 Å². The van der Waals surface area contributed by atoms with Gasteiger partial charge in [0.2, 0.25) is 23.8 Å². The molecule has 14 heteroatoms. The van der Waals surface area contributed by atoms with Gasteiger partial charge in [0.25, 0.3) is 0 Å². The lowest BCUT2D eigenvalue weighted by molar-refractivity contribution is -0.137. The Balaban J connectivity index is 1.16. The Labute approximate surface area is 263 Å². The molecule has 2 aromatic heterocycles. The molecule has 0 aliphatic heterocycles. The minimum atomic E-state index is -4.57. The number of rotatable bonds is 10. The van der Waals surface area contributed by atoms with Crippen LogP contribution in [0.5, 0.6) is 0 Å². The summed E-state index contributed by atoms with van der Waals surface area (Å²) in [7, 11) is 0. The first-order chi connectivity index (χ1) is 21.8. The predicted molar refractivity (Wildman–Crippen MR) is 173 cm³/mol. The quantitative estimate of drug-likeness (QED) is 0.109. The Morgan fingerprint density at radius 2 is 1.24 bits per heavy atom. The molecule has 4 aromatic carbocycles. The molecule has 0 unspecified atom stereocenters. The van der Waals surface area contributed by atoms with Gasteiger partial charge in [-0.1, -0.05) is 60.3 Å². The molecule has 0 atom stereocenters. The molecule has 1 amide bonds. The van der Waals surface area contributed by atoms with Gasteiger partial charge in [-0.25, -0.2) is 4.98 Å². The highest BCUT2D eigenvalue weighted by atomic mass is 32.2. The first-order valence-corrected chi connectivity index (χ1v) is 15.3. The van der Waals surface area contributed by atoms with E-state index in [1.165, 1.54) is 29.5 Å². The molecule has 0 spiro atoms. The van der Waals surface area contributed by atoms with Crippen molar-refractivity contribution in [3.8, 4) is 0 Å². The van der Waals surface area contributed by atoms with Gasteiger partial charge in [0, 0.05) is 17.1 Å². The van der Waals surface area contributed by atoms with Crippen molar-refractivity contribution in [1.29, 1.82) is 0 Å². The van der Waals surface area contributed by atoms with Crippen LogP contribution in [-0.4, -0.2) is 31.6 Å². The predicted octanol–water partition coefficient (Wildman–Crippen LogP) is 8.46. The largest absolute Gasteiger partial charge is 0.418 e. The van der Waals surface area contributed by atoms with Crippen LogP contribution in [0.4, 0.5) is 53.8 Å². The van der Waals surface area contributed by atoms with Crippen molar-refractivity contribution in [2.24, 2.45) is 0 Å². The van der Waals surface area contributed by atoms with E-state index in [2.05, 4.69) is 41.2 Å². The summed E-state index contributed by atoms with van der Waals surface area (Å²) in [5, 5.41) is 12.0. The van der Waals surface area contributed by atoms with Crippen LogP contribution >= 0.6 is 23.1 Å². The number of amides is 1. The minimum Gasteiger partial charge on any atom is -0.325 e. The highest BCUT2D eigenvalue weighted by Crippen LogP contribution is 2.35. The third-order valence-corrected chi connectivity index (χ3v) is 8.31. The Morgan fingerprint density at radius 1 is 0.689 bits per heavy atom. The topological polar surface area (TPSA) is 117 Å². The Kier molecular flexibility index (Phi) is 8.75. The summed E-state index contributed by atoms with van der Waals surface area (Å²) in [6.45, 7) is 0. The van der Waals surface area contributed by atoms with Gasteiger partial charge in [0.15, 0.2) is 4.34 Å². The van der Waals surface area contributed by atoms with E-state index >= 15 is 0 Å². The van der Waals surface area contributed by atoms with Gasteiger partial charge in [-0.15, -0.1) is 11.3 Å². The van der Waals surface area contributed by atoms with E-state index in [1.807, 2.05) is 78.9 Å². The molecule has 0 aliphatic carbocycles. The summed E-state index contributed by atoms with van der Waals surface area (Å²) in [4.78, 5) is 30.6. The van der Waals surface area contributed by atoms with Crippen LogP contribution < -0.4 is 21.3 Å². The molecule has 0 radical (unpaired) electrons. The molecule has 4 N–H and O–H groups in total. The van der Waals surface area contributed by atoms with Gasteiger partial charge >= 0.3 is 6.18 Å². The average Bonchev–Trinajstić information content (AvgIpc) is 3.43. The Morgan fingerprint density at radius 3 is 1.84 bits per heavy atom. The standard InChI is InChI=1S/C31H23F3N8OS2/c32-31(33,34)22-13-7-8-14-23(22)38-26(43)18-44-30-39-24-16-15-21(17-25(24)45-30)37-29-41-27(35-19-9-3-1-4-10-19)40-28(42-29)36-20-11-5-2-6-12-20/h1-17H,18H2,(H,38,43)(H3,35,36,37,40,41,42). The number of benzene rings is 4. The van der Waals surface area contributed by atoms with E-state index in [4.69, 9.17) is 0 Å². The van der Waals surface area contributed by atoms with Crippen LogP contribution in [0.3, 0.4) is 0 Å². The van der Waals surface area contributed by atoms with Crippen molar-refractivity contribution in [3.05, 3.63) is 109 Å². The number of hydrogen-bond acceptors (Lipinski definition) is 10. The Bertz CT molecular complexity index is 1880. The van der Waals surface area contributed by atoms with E-state index < -0.39 is 17.6 Å². The Hall–Kier alpha value is -5.21. The first-order valence-electron chi connectivity index (χ1n) is 13.5. The van der Waals surface area contributed by atoms with E-state index in [9.17, 15) is 18.0 Å². The van der Waals surface area contributed by atoms with Gasteiger partial charge in [-0.2, -0.15) is 28.1 Å². The second-order valence-corrected chi connectivity index (χ2v) is 11.7. The highest BCUT2D eigenvalue weighted by molar-refractivity contribution is 8.01. The number of aromatic nitrogens is 4. The zero-order chi connectivity index (χ0) is 31.2. The molecule has 2 heterocycles. The maximum atomic E-state index is 13.3. The molecular weight excluding hydrogens is 622 g/mol. The van der Waals surface area contributed by atoms with Crippen LogP contribution in [-0.2, 0) is 11.0 Å². The third kappa shape index (κ3) is 7.85. The number of nitrogens with zero attached hydrogens (tertiary/aromatic N) is 4. The summed E-state index contributed by atoms with van der Waals surface area (Å²) >= 11 is 2.51. The van der Waals surface area contributed by atoms with Crippen molar-refractivity contribution in [3.63, 3.8) is 0 Å². The molecule has 9 nitrogen and oxygen atoms in total. The third-order valence-electron chi connectivity index (χ3n) is 6.15. The van der Waals surface area contributed by atoms with Crippen LogP contribution in [0.1, 0.15) is 5.56 Å². The number of hydrogen-bond donors (Lipinski definition) is 4. The number of anilines is 7. The monoisotopic (exact) mass is 644 g/mol. The van der Waals surface area contributed by atoms with Crippen molar-refractivity contribution in [1.82, 2.24) is 19.9 Å². The summed E-state index contributed by atoms with van der Waals surface area (Å²) in [6, 6.07) is 29.5. The number of carbonyl (C=O) groups is 1. The maximum absolute atomic E-state index is 13.3. The molecule has 6 rings (SSSR count).